The maximum Gasteiger partial charge on any atom is 0.142 e. The summed E-state index contributed by atoms with van der Waals surface area (Å²) in [6.07, 6.45) is 0. The molecule has 0 saturated carbocycles. The number of carbonyl (C=O) groups excluding carboxylic acids is 1. The van der Waals surface area contributed by atoms with Crippen LogP contribution in [-0.4, -0.2) is 12.6 Å². The van der Waals surface area contributed by atoms with E-state index < -0.39 is 12.6 Å². The number of aliphatic carboxylic acids is 1. The van der Waals surface area contributed by atoms with Crippen LogP contribution in [0.4, 0.5) is 15.8 Å². The molecule has 0 aliphatic rings. The van der Waals surface area contributed by atoms with Gasteiger partial charge in [0.2, 0.25) is 0 Å². The third-order valence-electron chi connectivity index (χ3n) is 5.79. The van der Waals surface area contributed by atoms with Gasteiger partial charge < -0.3 is 30.0 Å². The fourth-order valence-electron chi connectivity index (χ4n) is 3.86. The third kappa shape index (κ3) is 6.71. The minimum Gasteiger partial charge on any atom is -0.546 e. The largest absolute Gasteiger partial charge is 0.546 e. The molecule has 0 aliphatic heterocycles. The van der Waals surface area contributed by atoms with E-state index in [0.29, 0.717) is 35.8 Å². The number of carboxylic acid groups (broad SMARTS) is 1. The molecule has 37 heavy (non-hydrogen) atoms. The topological polar surface area (TPSA) is 87.8 Å². The first kappa shape index (κ1) is 25.9. The molecule has 4 rings (SSSR count). The standard InChI is InChI=1S/C29H26ClFN2O4/c1-19-26(32)7-4-8-27(19)33(17-21-5-2-3-6-25(21)31)16-20-9-11-22(12-10-20)37-23-13-14-24(30)28(15-23)36-18-29(34)35/h2-15H,16-18,32H2,1H3,(H,34,35)/p-1. The van der Waals surface area contributed by atoms with E-state index in [1.165, 1.54) is 12.1 Å². The quantitative estimate of drug-likeness (QED) is 0.278. The number of benzene rings is 4. The molecule has 0 bridgehead atoms. The number of halogens is 2. The lowest BCUT2D eigenvalue weighted by molar-refractivity contribution is -0.307. The number of nitrogen functional groups attached to an aromatic ring is 1. The summed E-state index contributed by atoms with van der Waals surface area (Å²) in [6, 6.07) is 24.6. The van der Waals surface area contributed by atoms with Gasteiger partial charge in [0, 0.05) is 36.1 Å². The van der Waals surface area contributed by atoms with Gasteiger partial charge in [-0.2, -0.15) is 0 Å². The van der Waals surface area contributed by atoms with Gasteiger partial charge in [-0.25, -0.2) is 4.39 Å². The van der Waals surface area contributed by atoms with Crippen molar-refractivity contribution in [2.75, 3.05) is 17.2 Å². The molecule has 0 saturated heterocycles. The van der Waals surface area contributed by atoms with Crippen LogP contribution in [0.1, 0.15) is 16.7 Å². The Morgan fingerprint density at radius 1 is 0.973 bits per heavy atom. The molecule has 0 aliphatic carbocycles. The van der Waals surface area contributed by atoms with E-state index in [1.807, 2.05) is 55.5 Å². The van der Waals surface area contributed by atoms with Crippen LogP contribution in [0.25, 0.3) is 0 Å². The van der Waals surface area contributed by atoms with Crippen LogP contribution in [0, 0.1) is 12.7 Å². The Morgan fingerprint density at radius 3 is 2.43 bits per heavy atom. The van der Waals surface area contributed by atoms with E-state index in [-0.39, 0.29) is 16.6 Å². The molecular weight excluding hydrogens is 495 g/mol. The predicted molar refractivity (Wildman–Crippen MR) is 140 cm³/mol. The van der Waals surface area contributed by atoms with Crippen LogP contribution in [0.5, 0.6) is 17.2 Å². The molecule has 0 fully saturated rings. The monoisotopic (exact) mass is 519 g/mol. The number of carbonyl (C=O) groups is 1. The van der Waals surface area contributed by atoms with Gasteiger partial charge in [0.05, 0.1) is 11.0 Å². The average Bonchev–Trinajstić information content (AvgIpc) is 2.88. The minimum atomic E-state index is -1.35. The van der Waals surface area contributed by atoms with Crippen LogP contribution in [0.3, 0.4) is 0 Å². The Kier molecular flexibility index (Phi) is 8.15. The van der Waals surface area contributed by atoms with Crippen LogP contribution in [0.2, 0.25) is 5.02 Å². The molecule has 0 unspecified atom stereocenters. The summed E-state index contributed by atoms with van der Waals surface area (Å²) in [5.41, 5.74) is 10.3. The van der Waals surface area contributed by atoms with Gasteiger partial charge in [0.1, 0.15) is 29.7 Å². The first-order chi connectivity index (χ1) is 17.8. The molecule has 0 radical (unpaired) electrons. The van der Waals surface area contributed by atoms with E-state index in [2.05, 4.69) is 4.90 Å². The summed E-state index contributed by atoms with van der Waals surface area (Å²) >= 11 is 6.06. The lowest BCUT2D eigenvalue weighted by Gasteiger charge is -2.27. The van der Waals surface area contributed by atoms with E-state index in [0.717, 1.165) is 16.8 Å². The number of carboxylic acids is 1. The van der Waals surface area contributed by atoms with Crippen molar-refractivity contribution in [3.05, 3.63) is 112 Å². The summed E-state index contributed by atoms with van der Waals surface area (Å²) in [7, 11) is 0. The highest BCUT2D eigenvalue weighted by Gasteiger charge is 2.15. The molecule has 190 valence electrons. The second-order valence-corrected chi connectivity index (χ2v) is 8.84. The zero-order chi connectivity index (χ0) is 26.4. The summed E-state index contributed by atoms with van der Waals surface area (Å²) in [4.78, 5) is 12.8. The number of nitrogens with two attached hydrogens (primary N) is 1. The van der Waals surface area contributed by atoms with E-state index in [4.69, 9.17) is 26.8 Å². The Labute approximate surface area is 219 Å². The molecule has 4 aromatic carbocycles. The number of anilines is 2. The number of hydrogen-bond acceptors (Lipinski definition) is 6. The van der Waals surface area contributed by atoms with Crippen molar-refractivity contribution in [2.45, 2.75) is 20.0 Å². The Hall–Kier alpha value is -4.23. The minimum absolute atomic E-state index is 0.182. The van der Waals surface area contributed by atoms with Crippen molar-refractivity contribution in [1.29, 1.82) is 0 Å². The molecule has 2 N–H and O–H groups in total. The molecule has 0 heterocycles. The highest BCUT2D eigenvalue weighted by atomic mass is 35.5. The van der Waals surface area contributed by atoms with Crippen molar-refractivity contribution in [2.24, 2.45) is 0 Å². The summed E-state index contributed by atoms with van der Waals surface area (Å²) in [6.45, 7) is 2.22. The van der Waals surface area contributed by atoms with Crippen molar-refractivity contribution >= 4 is 28.9 Å². The normalized spacial score (nSPS) is 10.7. The van der Waals surface area contributed by atoms with Gasteiger partial charge in [0.15, 0.2) is 0 Å². The molecule has 0 amide bonds. The Balaban J connectivity index is 1.52. The van der Waals surface area contributed by atoms with E-state index in [9.17, 15) is 14.3 Å². The molecule has 0 aromatic heterocycles. The molecule has 4 aromatic rings. The average molecular weight is 520 g/mol. The second kappa shape index (κ2) is 11.7. The van der Waals surface area contributed by atoms with Gasteiger partial charge >= 0.3 is 0 Å². The second-order valence-electron chi connectivity index (χ2n) is 8.44. The number of ether oxygens (including phenoxy) is 2. The van der Waals surface area contributed by atoms with Crippen LogP contribution < -0.4 is 25.2 Å². The van der Waals surface area contributed by atoms with Crippen LogP contribution in [-0.2, 0) is 17.9 Å². The van der Waals surface area contributed by atoms with Crippen molar-refractivity contribution < 1.29 is 23.8 Å². The fourth-order valence-corrected chi connectivity index (χ4v) is 4.03. The highest BCUT2D eigenvalue weighted by Crippen LogP contribution is 2.32. The summed E-state index contributed by atoms with van der Waals surface area (Å²) < 4.78 is 25.5. The van der Waals surface area contributed by atoms with Gasteiger partial charge in [-0.15, -0.1) is 0 Å². The van der Waals surface area contributed by atoms with Gasteiger partial charge in [-0.3, -0.25) is 0 Å². The Bertz CT molecular complexity index is 1400. The lowest BCUT2D eigenvalue weighted by Crippen LogP contribution is -2.28. The van der Waals surface area contributed by atoms with Gasteiger partial charge in [-0.1, -0.05) is 48.0 Å². The zero-order valence-electron chi connectivity index (χ0n) is 20.1. The van der Waals surface area contributed by atoms with Crippen molar-refractivity contribution in [3.8, 4) is 17.2 Å². The van der Waals surface area contributed by atoms with Gasteiger partial charge in [0.25, 0.3) is 0 Å². The van der Waals surface area contributed by atoms with E-state index in [1.54, 1.807) is 24.3 Å². The van der Waals surface area contributed by atoms with Gasteiger partial charge in [-0.05, 0) is 60.5 Å². The number of hydrogen-bond donors (Lipinski definition) is 1. The Morgan fingerprint density at radius 2 is 1.70 bits per heavy atom. The first-order valence-electron chi connectivity index (χ1n) is 11.5. The van der Waals surface area contributed by atoms with E-state index >= 15 is 0 Å². The maximum atomic E-state index is 14.5. The zero-order valence-corrected chi connectivity index (χ0v) is 20.9. The number of nitrogens with zero attached hydrogens (tertiary/aromatic N) is 1. The molecule has 0 atom stereocenters. The molecule has 6 nitrogen and oxygen atoms in total. The van der Waals surface area contributed by atoms with Crippen molar-refractivity contribution in [1.82, 2.24) is 0 Å². The predicted octanol–water partition coefficient (Wildman–Crippen LogP) is 5.50. The molecule has 8 heteroatoms. The summed E-state index contributed by atoms with van der Waals surface area (Å²) in [5, 5.41) is 10.9. The van der Waals surface area contributed by atoms with Crippen LogP contribution >= 0.6 is 11.6 Å². The maximum absolute atomic E-state index is 14.5. The fraction of sp³-hybridized carbons (Fsp3) is 0.138. The SMILES string of the molecule is Cc1c(N)cccc1N(Cc1ccc(Oc2ccc(Cl)c(OCC(=O)[O-])c2)cc1)Cc1ccccc1F. The summed E-state index contributed by atoms with van der Waals surface area (Å²) in [5.74, 6) is -0.430. The lowest BCUT2D eigenvalue weighted by atomic mass is 10.1. The smallest absolute Gasteiger partial charge is 0.142 e. The van der Waals surface area contributed by atoms with Crippen molar-refractivity contribution in [3.63, 3.8) is 0 Å². The highest BCUT2D eigenvalue weighted by molar-refractivity contribution is 6.32. The molecular formula is C29H25ClFN2O4-. The first-order valence-corrected chi connectivity index (χ1v) is 11.9. The number of rotatable bonds is 10. The third-order valence-corrected chi connectivity index (χ3v) is 6.10. The molecule has 0 spiro atoms. The van der Waals surface area contributed by atoms with Crippen LogP contribution in [0.15, 0.2) is 84.9 Å².